The third-order valence-electron chi connectivity index (χ3n) is 8.99. The number of rotatable bonds is 6. The van der Waals surface area contributed by atoms with Crippen LogP contribution < -0.4 is 0 Å². The minimum Gasteiger partial charge on any atom is -0.462 e. The van der Waals surface area contributed by atoms with Gasteiger partial charge in [0.15, 0.2) is 0 Å². The highest BCUT2D eigenvalue weighted by Crippen LogP contribution is 2.59. The van der Waals surface area contributed by atoms with Crippen LogP contribution in [0.1, 0.15) is 92.9 Å². The molecule has 0 spiro atoms. The highest BCUT2D eigenvalue weighted by molar-refractivity contribution is 5.66. The fraction of sp³-hybridized carbons (Fsp3) is 0.700. The molecule has 0 aromatic rings. The summed E-state index contributed by atoms with van der Waals surface area (Å²) in [5.74, 6) is 1.81. The van der Waals surface area contributed by atoms with Gasteiger partial charge in [0.1, 0.15) is 6.10 Å². The van der Waals surface area contributed by atoms with E-state index in [0.29, 0.717) is 23.2 Å². The van der Waals surface area contributed by atoms with E-state index >= 15 is 0 Å². The molecule has 0 bridgehead atoms. The van der Waals surface area contributed by atoms with Gasteiger partial charge in [-0.15, -0.1) is 0 Å². The second-order valence-corrected chi connectivity index (χ2v) is 11.8. The molecule has 0 heterocycles. The number of ether oxygens (including phenoxy) is 1. The number of hydrogen-bond donors (Lipinski definition) is 1. The Bertz CT molecular complexity index is 824. The van der Waals surface area contributed by atoms with Crippen LogP contribution in [-0.2, 0) is 9.53 Å². The Kier molecular flexibility index (Phi) is 8.15. The lowest BCUT2D eigenvalue weighted by Gasteiger charge is -2.44. The maximum Gasteiger partial charge on any atom is 0.302 e. The van der Waals surface area contributed by atoms with E-state index in [1.165, 1.54) is 50.2 Å². The van der Waals surface area contributed by atoms with Gasteiger partial charge < -0.3 is 9.84 Å². The van der Waals surface area contributed by atoms with Gasteiger partial charge >= 0.3 is 5.97 Å². The molecule has 3 aliphatic carbocycles. The summed E-state index contributed by atoms with van der Waals surface area (Å²) in [5.41, 5.74) is 3.71. The number of esters is 1. The van der Waals surface area contributed by atoms with E-state index in [4.69, 9.17) is 4.74 Å². The number of hydrogen-bond acceptors (Lipinski definition) is 3. The molecule has 3 heteroatoms. The van der Waals surface area contributed by atoms with E-state index in [1.54, 1.807) is 5.57 Å². The van der Waals surface area contributed by atoms with E-state index in [9.17, 15) is 9.90 Å². The van der Waals surface area contributed by atoms with Crippen LogP contribution in [0.3, 0.4) is 0 Å². The zero-order valence-electron chi connectivity index (χ0n) is 21.8. The zero-order chi connectivity index (χ0) is 24.4. The minimum atomic E-state index is -0.676. The summed E-state index contributed by atoms with van der Waals surface area (Å²) in [4.78, 5) is 11.4. The molecule has 0 aromatic carbocycles. The second-order valence-electron chi connectivity index (χ2n) is 11.8. The topological polar surface area (TPSA) is 46.5 Å². The van der Waals surface area contributed by atoms with E-state index in [2.05, 4.69) is 51.7 Å². The number of allylic oxidation sites excluding steroid dienone is 5. The third-order valence-corrected chi connectivity index (χ3v) is 8.99. The molecule has 0 aliphatic heterocycles. The molecule has 1 N–H and O–H groups in total. The van der Waals surface area contributed by atoms with Gasteiger partial charge in [-0.3, -0.25) is 4.79 Å². The Labute approximate surface area is 202 Å². The SMILES string of the molecule is C=C1CC[C@H](OC(C)=O)CC1=CC=C1CCC[C@@]2(C)C1CC[C@@H]2[C@H](C)C=C[C@H](C)C(C)(C)O. The lowest BCUT2D eigenvalue weighted by atomic mass is 9.61. The van der Waals surface area contributed by atoms with Crippen molar-refractivity contribution in [2.24, 2.45) is 29.1 Å². The van der Waals surface area contributed by atoms with Crippen molar-refractivity contribution in [3.63, 3.8) is 0 Å². The number of carbonyl (C=O) groups excluding carboxylic acids is 1. The van der Waals surface area contributed by atoms with Crippen molar-refractivity contribution in [3.05, 3.63) is 47.6 Å². The van der Waals surface area contributed by atoms with Gasteiger partial charge in [-0.25, -0.2) is 0 Å². The molecule has 0 amide bonds. The van der Waals surface area contributed by atoms with Crippen molar-refractivity contribution in [3.8, 4) is 0 Å². The Hall–Kier alpha value is -1.61. The van der Waals surface area contributed by atoms with E-state index in [0.717, 1.165) is 19.3 Å². The summed E-state index contributed by atoms with van der Waals surface area (Å²) in [5, 5.41) is 10.3. The Morgan fingerprint density at radius 2 is 1.91 bits per heavy atom. The van der Waals surface area contributed by atoms with Gasteiger partial charge in [-0.2, -0.15) is 0 Å². The molecule has 1 unspecified atom stereocenters. The second kappa shape index (κ2) is 10.3. The van der Waals surface area contributed by atoms with Gasteiger partial charge in [0.2, 0.25) is 0 Å². The van der Waals surface area contributed by atoms with Crippen LogP contribution in [0.5, 0.6) is 0 Å². The molecule has 0 radical (unpaired) electrons. The molecule has 33 heavy (non-hydrogen) atoms. The summed E-state index contributed by atoms with van der Waals surface area (Å²) >= 11 is 0. The summed E-state index contributed by atoms with van der Waals surface area (Å²) in [6.45, 7) is 16.5. The Balaban J connectivity index is 1.74. The number of fused-ring (bicyclic) bond motifs is 1. The molecular formula is C30H46O3. The van der Waals surface area contributed by atoms with E-state index in [-0.39, 0.29) is 18.0 Å². The van der Waals surface area contributed by atoms with Gasteiger partial charge in [0.05, 0.1) is 5.60 Å². The summed E-state index contributed by atoms with van der Waals surface area (Å²) in [7, 11) is 0. The first-order valence-corrected chi connectivity index (χ1v) is 13.1. The first-order chi connectivity index (χ1) is 15.4. The highest BCUT2D eigenvalue weighted by atomic mass is 16.5. The predicted octanol–water partition coefficient (Wildman–Crippen LogP) is 7.33. The van der Waals surface area contributed by atoms with Gasteiger partial charge in [0.25, 0.3) is 0 Å². The van der Waals surface area contributed by atoms with Crippen molar-refractivity contribution < 1.29 is 14.6 Å². The van der Waals surface area contributed by atoms with Crippen LogP contribution in [-0.4, -0.2) is 22.8 Å². The first-order valence-electron chi connectivity index (χ1n) is 13.1. The fourth-order valence-corrected chi connectivity index (χ4v) is 6.57. The molecule has 6 atom stereocenters. The Morgan fingerprint density at radius 3 is 2.58 bits per heavy atom. The normalized spacial score (nSPS) is 35.1. The van der Waals surface area contributed by atoms with Crippen molar-refractivity contribution in [2.75, 3.05) is 0 Å². The largest absolute Gasteiger partial charge is 0.462 e. The average molecular weight is 455 g/mol. The fourth-order valence-electron chi connectivity index (χ4n) is 6.57. The molecule has 0 saturated heterocycles. The maximum absolute atomic E-state index is 11.4. The smallest absolute Gasteiger partial charge is 0.302 e. The molecule has 3 rings (SSSR count). The maximum atomic E-state index is 11.4. The molecule has 3 fully saturated rings. The van der Waals surface area contributed by atoms with Gasteiger partial charge in [-0.1, -0.05) is 62.8 Å². The van der Waals surface area contributed by atoms with Crippen molar-refractivity contribution in [1.29, 1.82) is 0 Å². The lowest BCUT2D eigenvalue weighted by molar-refractivity contribution is -0.146. The summed E-state index contributed by atoms with van der Waals surface area (Å²) in [6, 6.07) is 0. The molecule has 0 aromatic heterocycles. The minimum absolute atomic E-state index is 0.0101. The van der Waals surface area contributed by atoms with Crippen LogP contribution in [0.15, 0.2) is 47.6 Å². The molecular weight excluding hydrogens is 408 g/mol. The predicted molar refractivity (Wildman–Crippen MR) is 137 cm³/mol. The zero-order valence-corrected chi connectivity index (χ0v) is 21.8. The first kappa shape index (κ1) is 26.0. The molecule has 184 valence electrons. The van der Waals surface area contributed by atoms with Gasteiger partial charge in [-0.05, 0) is 87.5 Å². The number of carbonyl (C=O) groups is 1. The van der Waals surface area contributed by atoms with Crippen LogP contribution in [0.25, 0.3) is 0 Å². The Morgan fingerprint density at radius 1 is 1.18 bits per heavy atom. The monoisotopic (exact) mass is 454 g/mol. The van der Waals surface area contributed by atoms with Crippen molar-refractivity contribution in [2.45, 2.75) is 105 Å². The van der Waals surface area contributed by atoms with Crippen molar-refractivity contribution in [1.82, 2.24) is 0 Å². The summed E-state index contributed by atoms with van der Waals surface area (Å²) in [6.07, 6.45) is 18.1. The van der Waals surface area contributed by atoms with Crippen LogP contribution in [0.2, 0.25) is 0 Å². The van der Waals surface area contributed by atoms with Crippen LogP contribution in [0.4, 0.5) is 0 Å². The quantitative estimate of drug-likeness (QED) is 0.338. The number of aliphatic hydroxyl groups is 1. The van der Waals surface area contributed by atoms with E-state index in [1.807, 2.05) is 13.8 Å². The van der Waals surface area contributed by atoms with E-state index < -0.39 is 5.60 Å². The van der Waals surface area contributed by atoms with Crippen molar-refractivity contribution >= 4 is 5.97 Å². The standard InChI is InChI=1S/C30H46O3/c1-20-11-15-26(33-23(4)31)19-25(20)14-13-24-9-8-18-30(7)27(16-17-28(24)30)21(2)10-12-22(3)29(5,6)32/h10,12-14,21-22,26-28,32H,1,8-9,11,15-19H2,2-7H3/t21-,22+,26+,27-,28?,30-/m1/s1. The summed E-state index contributed by atoms with van der Waals surface area (Å²) < 4.78 is 5.48. The average Bonchev–Trinajstić information content (AvgIpc) is 3.08. The van der Waals surface area contributed by atoms with Crippen LogP contribution >= 0.6 is 0 Å². The lowest BCUT2D eigenvalue weighted by Crippen LogP contribution is -2.35. The molecule has 3 saturated carbocycles. The van der Waals surface area contributed by atoms with Gasteiger partial charge in [0, 0.05) is 19.3 Å². The molecule has 3 aliphatic rings. The molecule has 3 nitrogen and oxygen atoms in total. The third kappa shape index (κ3) is 6.10. The van der Waals surface area contributed by atoms with Crippen LogP contribution in [0, 0.1) is 29.1 Å². The highest BCUT2D eigenvalue weighted by Gasteiger charge is 2.50.